The van der Waals surface area contributed by atoms with Gasteiger partial charge in [-0.2, -0.15) is 4.99 Å². The van der Waals surface area contributed by atoms with Gasteiger partial charge in [0.2, 0.25) is 0 Å². The van der Waals surface area contributed by atoms with E-state index in [9.17, 15) is 4.39 Å². The molecule has 7 heteroatoms. The van der Waals surface area contributed by atoms with Crippen LogP contribution >= 0.6 is 0 Å². The lowest BCUT2D eigenvalue weighted by molar-refractivity contribution is 0.0675. The predicted molar refractivity (Wildman–Crippen MR) is 119 cm³/mol. The van der Waals surface area contributed by atoms with E-state index in [-0.39, 0.29) is 5.82 Å². The molecule has 1 saturated heterocycles. The normalized spacial score (nSPS) is 15.4. The van der Waals surface area contributed by atoms with Crippen LogP contribution in [0.1, 0.15) is 18.2 Å². The van der Waals surface area contributed by atoms with E-state index in [0.717, 1.165) is 16.7 Å². The van der Waals surface area contributed by atoms with Crippen molar-refractivity contribution in [1.29, 1.82) is 0 Å². The Kier molecular flexibility index (Phi) is 6.43. The highest BCUT2D eigenvalue weighted by molar-refractivity contribution is 5.80. The average molecular weight is 420 g/mol. The first-order valence-corrected chi connectivity index (χ1v) is 10.2. The quantitative estimate of drug-likeness (QED) is 0.489. The lowest BCUT2D eigenvalue weighted by Gasteiger charge is -2.27. The zero-order valence-corrected chi connectivity index (χ0v) is 17.4. The number of nitrogens with two attached hydrogens (primary N) is 1. The summed E-state index contributed by atoms with van der Waals surface area (Å²) >= 11 is 0. The Labute approximate surface area is 180 Å². The Morgan fingerprint density at radius 3 is 2.68 bits per heavy atom. The average Bonchev–Trinajstić information content (AvgIpc) is 3.21. The molecule has 1 aliphatic rings. The van der Waals surface area contributed by atoms with Crippen LogP contribution < -0.4 is 5.73 Å². The summed E-state index contributed by atoms with van der Waals surface area (Å²) in [6, 6.07) is 16.6. The first-order chi connectivity index (χ1) is 15.1. The van der Waals surface area contributed by atoms with Crippen LogP contribution in [-0.2, 0) is 11.2 Å². The van der Waals surface area contributed by atoms with Crippen molar-refractivity contribution in [3.63, 3.8) is 0 Å². The second kappa shape index (κ2) is 9.57. The Hall–Kier alpha value is -3.45. The zero-order valence-electron chi connectivity index (χ0n) is 17.4. The lowest BCUT2D eigenvalue weighted by Crippen LogP contribution is -2.44. The summed E-state index contributed by atoms with van der Waals surface area (Å²) in [7, 11) is 0. The number of aliphatic imine (C=N–C) groups is 1. The number of hydrogen-bond donors (Lipinski definition) is 1. The van der Waals surface area contributed by atoms with Crippen molar-refractivity contribution in [3.05, 3.63) is 77.2 Å². The van der Waals surface area contributed by atoms with E-state index in [4.69, 9.17) is 15.0 Å². The lowest BCUT2D eigenvalue weighted by atomic mass is 10.00. The summed E-state index contributed by atoms with van der Waals surface area (Å²) in [5, 5.41) is 4.04. The molecular weight excluding hydrogens is 395 g/mol. The van der Waals surface area contributed by atoms with E-state index in [1.807, 2.05) is 60.4 Å². The molecule has 0 atom stereocenters. The van der Waals surface area contributed by atoms with Crippen LogP contribution in [0.25, 0.3) is 17.2 Å². The SMILES string of the molecule is CC(=Cc1cc(N=C(N)N2CCOCC2)on1)Cc1ccc(-c2ccccc2)c(F)c1. The summed E-state index contributed by atoms with van der Waals surface area (Å²) in [6.45, 7) is 4.64. The molecule has 1 aliphatic heterocycles. The van der Waals surface area contributed by atoms with Gasteiger partial charge in [0, 0.05) is 24.7 Å². The van der Waals surface area contributed by atoms with Crippen LogP contribution in [0.4, 0.5) is 10.3 Å². The highest BCUT2D eigenvalue weighted by Crippen LogP contribution is 2.25. The third-order valence-corrected chi connectivity index (χ3v) is 5.07. The van der Waals surface area contributed by atoms with Crippen LogP contribution in [0, 0.1) is 5.82 Å². The Morgan fingerprint density at radius 2 is 1.94 bits per heavy atom. The van der Waals surface area contributed by atoms with E-state index < -0.39 is 0 Å². The minimum Gasteiger partial charge on any atom is -0.378 e. The molecule has 1 fully saturated rings. The maximum absolute atomic E-state index is 14.6. The molecule has 6 nitrogen and oxygen atoms in total. The fourth-order valence-corrected chi connectivity index (χ4v) is 3.52. The summed E-state index contributed by atoms with van der Waals surface area (Å²) in [6.07, 6.45) is 2.50. The first kappa shape index (κ1) is 20.8. The Bertz CT molecular complexity index is 1090. The largest absolute Gasteiger partial charge is 0.378 e. The van der Waals surface area contributed by atoms with Crippen molar-refractivity contribution in [1.82, 2.24) is 10.1 Å². The molecule has 2 heterocycles. The monoisotopic (exact) mass is 420 g/mol. The summed E-state index contributed by atoms with van der Waals surface area (Å²) in [5.41, 5.74) is 10.1. The minimum atomic E-state index is -0.229. The third-order valence-electron chi connectivity index (χ3n) is 5.07. The van der Waals surface area contributed by atoms with Gasteiger partial charge in [-0.05, 0) is 36.6 Å². The fraction of sp³-hybridized carbons (Fsp3) is 0.250. The molecule has 0 radical (unpaired) electrons. The minimum absolute atomic E-state index is 0.229. The molecule has 0 amide bonds. The van der Waals surface area contributed by atoms with Gasteiger partial charge in [-0.15, -0.1) is 0 Å². The Morgan fingerprint density at radius 1 is 1.16 bits per heavy atom. The van der Waals surface area contributed by atoms with Crippen molar-refractivity contribution in [2.45, 2.75) is 13.3 Å². The van der Waals surface area contributed by atoms with Gasteiger partial charge in [-0.1, -0.05) is 53.2 Å². The van der Waals surface area contributed by atoms with Gasteiger partial charge in [0.15, 0.2) is 5.96 Å². The van der Waals surface area contributed by atoms with E-state index >= 15 is 0 Å². The van der Waals surface area contributed by atoms with E-state index in [1.54, 1.807) is 12.1 Å². The van der Waals surface area contributed by atoms with Gasteiger partial charge in [0.25, 0.3) is 5.88 Å². The highest BCUT2D eigenvalue weighted by Gasteiger charge is 2.13. The fourth-order valence-electron chi connectivity index (χ4n) is 3.52. The van der Waals surface area contributed by atoms with Crippen LogP contribution in [0.3, 0.4) is 0 Å². The number of guanidine groups is 1. The van der Waals surface area contributed by atoms with Crippen LogP contribution in [0.2, 0.25) is 0 Å². The summed E-state index contributed by atoms with van der Waals surface area (Å²) in [5.74, 6) is 0.509. The molecule has 4 rings (SSSR count). The van der Waals surface area contributed by atoms with Crippen molar-refractivity contribution in [2.75, 3.05) is 26.3 Å². The second-order valence-corrected chi connectivity index (χ2v) is 7.51. The standard InChI is InChI=1S/C24H25FN4O2/c1-17(13-18-7-8-21(22(25)15-18)19-5-3-2-4-6-19)14-20-16-23(31-28-20)27-24(26)29-9-11-30-12-10-29/h2-8,14-16H,9-13H2,1H3,(H2,26,27). The van der Waals surface area contributed by atoms with Crippen LogP contribution in [0.5, 0.6) is 0 Å². The second-order valence-electron chi connectivity index (χ2n) is 7.51. The van der Waals surface area contributed by atoms with Gasteiger partial charge in [0.1, 0.15) is 11.5 Å². The van der Waals surface area contributed by atoms with Crippen molar-refractivity contribution >= 4 is 17.9 Å². The van der Waals surface area contributed by atoms with Crippen molar-refractivity contribution in [2.24, 2.45) is 10.7 Å². The molecule has 0 unspecified atom stereocenters. The first-order valence-electron chi connectivity index (χ1n) is 10.2. The molecule has 0 saturated carbocycles. The number of ether oxygens (including phenoxy) is 1. The van der Waals surface area contributed by atoms with E-state index in [0.29, 0.717) is 55.8 Å². The van der Waals surface area contributed by atoms with Gasteiger partial charge in [0.05, 0.1) is 13.2 Å². The number of nitrogens with zero attached hydrogens (tertiary/aromatic N) is 3. The Balaban J connectivity index is 1.43. The molecule has 160 valence electrons. The van der Waals surface area contributed by atoms with E-state index in [2.05, 4.69) is 10.1 Å². The van der Waals surface area contributed by atoms with Crippen LogP contribution in [-0.4, -0.2) is 42.3 Å². The van der Waals surface area contributed by atoms with Crippen LogP contribution in [0.15, 0.2) is 69.7 Å². The van der Waals surface area contributed by atoms with Gasteiger partial charge in [-0.25, -0.2) is 4.39 Å². The third kappa shape index (κ3) is 5.38. The zero-order chi connectivity index (χ0) is 21.6. The van der Waals surface area contributed by atoms with Gasteiger partial charge < -0.3 is 19.9 Å². The van der Waals surface area contributed by atoms with Gasteiger partial charge in [-0.3, -0.25) is 0 Å². The topological polar surface area (TPSA) is 76.9 Å². The molecule has 0 aliphatic carbocycles. The smallest absolute Gasteiger partial charge is 0.254 e. The maximum Gasteiger partial charge on any atom is 0.254 e. The molecule has 1 aromatic heterocycles. The van der Waals surface area contributed by atoms with E-state index in [1.165, 1.54) is 0 Å². The highest BCUT2D eigenvalue weighted by atomic mass is 19.1. The van der Waals surface area contributed by atoms with Crippen molar-refractivity contribution < 1.29 is 13.7 Å². The number of rotatable bonds is 5. The number of hydrogen-bond acceptors (Lipinski definition) is 4. The number of aromatic nitrogens is 1. The number of halogens is 1. The van der Waals surface area contributed by atoms with Crippen molar-refractivity contribution in [3.8, 4) is 11.1 Å². The number of morpholine rings is 1. The molecule has 2 aromatic carbocycles. The van der Waals surface area contributed by atoms with Gasteiger partial charge >= 0.3 is 0 Å². The molecule has 31 heavy (non-hydrogen) atoms. The molecular formula is C24H25FN4O2. The number of benzene rings is 2. The molecule has 2 N–H and O–H groups in total. The molecule has 3 aromatic rings. The molecule has 0 bridgehead atoms. The maximum atomic E-state index is 14.6. The molecule has 0 spiro atoms. The number of allylic oxidation sites excluding steroid dienone is 1. The summed E-state index contributed by atoms with van der Waals surface area (Å²) in [4.78, 5) is 6.25. The predicted octanol–water partition coefficient (Wildman–Crippen LogP) is 4.41. The summed E-state index contributed by atoms with van der Waals surface area (Å²) < 4.78 is 25.2.